The van der Waals surface area contributed by atoms with Gasteiger partial charge in [0.15, 0.2) is 0 Å². The zero-order valence-electron chi connectivity index (χ0n) is 16.1. The molecule has 0 saturated heterocycles. The van der Waals surface area contributed by atoms with Crippen LogP contribution in [0.5, 0.6) is 0 Å². The maximum absolute atomic E-state index is 12.5. The number of carbonyl (C=O) groups is 1. The number of nitrogens with one attached hydrogen (secondary N) is 1. The predicted octanol–water partition coefficient (Wildman–Crippen LogP) is 2.81. The molecule has 6 heteroatoms. The van der Waals surface area contributed by atoms with E-state index in [-0.39, 0.29) is 11.9 Å². The van der Waals surface area contributed by atoms with Crippen molar-refractivity contribution in [3.8, 4) is 5.69 Å². The van der Waals surface area contributed by atoms with Gasteiger partial charge in [0.1, 0.15) is 5.69 Å². The first kappa shape index (κ1) is 18.4. The fraction of sp³-hybridized carbons (Fsp3) is 0.318. The number of hydrogen-bond acceptors (Lipinski definition) is 4. The van der Waals surface area contributed by atoms with E-state index in [1.807, 2.05) is 42.1 Å². The molecule has 28 heavy (non-hydrogen) atoms. The van der Waals surface area contributed by atoms with Gasteiger partial charge >= 0.3 is 0 Å². The van der Waals surface area contributed by atoms with Crippen molar-refractivity contribution < 1.29 is 9.90 Å². The van der Waals surface area contributed by atoms with Gasteiger partial charge in [-0.05, 0) is 74.1 Å². The summed E-state index contributed by atoms with van der Waals surface area (Å²) in [5.41, 5.74) is 4.06. The second-order valence-corrected chi connectivity index (χ2v) is 7.87. The number of aryl methyl sites for hydroxylation is 1. The zero-order chi connectivity index (χ0) is 19.7. The van der Waals surface area contributed by atoms with E-state index >= 15 is 0 Å². The summed E-state index contributed by atoms with van der Waals surface area (Å²) >= 11 is 0. The average Bonchev–Trinajstić information content (AvgIpc) is 3.17. The van der Waals surface area contributed by atoms with Crippen LogP contribution in [-0.4, -0.2) is 37.4 Å². The summed E-state index contributed by atoms with van der Waals surface area (Å²) in [5, 5.41) is 17.0. The first-order chi connectivity index (χ1) is 13.4. The van der Waals surface area contributed by atoms with Crippen LogP contribution >= 0.6 is 0 Å². The van der Waals surface area contributed by atoms with E-state index in [1.54, 1.807) is 19.3 Å². The lowest BCUT2D eigenvalue weighted by Gasteiger charge is -2.41. The Hall–Kier alpha value is -2.99. The minimum absolute atomic E-state index is 0.0175. The molecule has 0 unspecified atom stereocenters. The molecule has 144 valence electrons. The largest absolute Gasteiger partial charge is 0.390 e. The Bertz CT molecular complexity index is 970. The molecule has 1 aliphatic rings. The highest BCUT2D eigenvalue weighted by atomic mass is 16.3. The fourth-order valence-electron chi connectivity index (χ4n) is 3.65. The lowest BCUT2D eigenvalue weighted by molar-refractivity contribution is -0.0367. The van der Waals surface area contributed by atoms with Crippen molar-refractivity contribution in [2.75, 3.05) is 0 Å². The number of rotatable bonds is 5. The first-order valence-electron chi connectivity index (χ1n) is 9.47. The molecule has 4 rings (SSSR count). The van der Waals surface area contributed by atoms with Crippen LogP contribution in [0.4, 0.5) is 0 Å². The van der Waals surface area contributed by atoms with Crippen LogP contribution in [0.2, 0.25) is 0 Å². The number of nitrogens with zero attached hydrogens (tertiary/aromatic N) is 3. The molecule has 1 aliphatic carbocycles. The van der Waals surface area contributed by atoms with E-state index in [9.17, 15) is 9.90 Å². The topological polar surface area (TPSA) is 80.0 Å². The lowest BCUT2D eigenvalue weighted by atomic mass is 9.77. The van der Waals surface area contributed by atoms with E-state index in [4.69, 9.17) is 0 Å². The van der Waals surface area contributed by atoms with Gasteiger partial charge in [0.25, 0.3) is 5.91 Å². The second kappa shape index (κ2) is 7.20. The minimum atomic E-state index is -0.661. The number of aliphatic hydroxyl groups is 1. The SMILES string of the molecule is Cc1cnc(C(=O)N[C@H]2C[C@@](C)(O)C2)cc1Cc1ccc(-n2cccn2)cc1. The third-order valence-electron chi connectivity index (χ3n) is 5.25. The van der Waals surface area contributed by atoms with Crippen LogP contribution in [0.15, 0.2) is 55.0 Å². The van der Waals surface area contributed by atoms with E-state index < -0.39 is 5.60 Å². The van der Waals surface area contributed by atoms with Crippen molar-refractivity contribution in [2.45, 2.75) is 44.8 Å². The average molecular weight is 376 g/mol. The summed E-state index contributed by atoms with van der Waals surface area (Å²) in [6.07, 6.45) is 7.31. The fourth-order valence-corrected chi connectivity index (χ4v) is 3.65. The Kier molecular flexibility index (Phi) is 4.73. The third kappa shape index (κ3) is 3.97. The number of aromatic nitrogens is 3. The standard InChI is InChI=1S/C22H24N4O2/c1-15-14-23-20(21(27)25-18-12-22(2,28)13-18)11-17(15)10-16-4-6-19(7-5-16)26-9-3-8-24-26/h3-9,11,14,18,28H,10,12-13H2,1-2H3,(H,25,27)/t18-,22+. The quantitative estimate of drug-likeness (QED) is 0.718. The van der Waals surface area contributed by atoms with Crippen LogP contribution < -0.4 is 5.32 Å². The van der Waals surface area contributed by atoms with Crippen LogP contribution in [0.1, 0.15) is 46.9 Å². The molecule has 2 N–H and O–H groups in total. The molecule has 1 amide bonds. The molecule has 0 atom stereocenters. The Morgan fingerprint density at radius 1 is 1.32 bits per heavy atom. The number of amides is 1. The molecule has 1 fully saturated rings. The van der Waals surface area contributed by atoms with Gasteiger partial charge in [-0.25, -0.2) is 4.68 Å². The highest BCUT2D eigenvalue weighted by Gasteiger charge is 2.39. The predicted molar refractivity (Wildman–Crippen MR) is 106 cm³/mol. The van der Waals surface area contributed by atoms with Gasteiger partial charge in [-0.2, -0.15) is 5.10 Å². The molecule has 0 spiro atoms. The normalized spacial score (nSPS) is 21.2. The van der Waals surface area contributed by atoms with Gasteiger partial charge in [-0.15, -0.1) is 0 Å². The molecule has 2 heterocycles. The van der Waals surface area contributed by atoms with Crippen LogP contribution in [0, 0.1) is 6.92 Å². The van der Waals surface area contributed by atoms with Crippen LogP contribution in [-0.2, 0) is 6.42 Å². The molecular formula is C22H24N4O2. The summed E-state index contributed by atoms with van der Waals surface area (Å²) < 4.78 is 1.82. The summed E-state index contributed by atoms with van der Waals surface area (Å²) in [4.78, 5) is 16.8. The summed E-state index contributed by atoms with van der Waals surface area (Å²) in [7, 11) is 0. The highest BCUT2D eigenvalue weighted by Crippen LogP contribution is 2.31. The van der Waals surface area contributed by atoms with Gasteiger partial charge in [-0.1, -0.05) is 12.1 Å². The van der Waals surface area contributed by atoms with Crippen LogP contribution in [0.25, 0.3) is 5.69 Å². The second-order valence-electron chi connectivity index (χ2n) is 7.87. The number of benzene rings is 1. The number of pyridine rings is 1. The van der Waals surface area contributed by atoms with Crippen molar-refractivity contribution in [3.63, 3.8) is 0 Å². The van der Waals surface area contributed by atoms with Crippen molar-refractivity contribution in [2.24, 2.45) is 0 Å². The van der Waals surface area contributed by atoms with Crippen molar-refractivity contribution in [1.82, 2.24) is 20.1 Å². The maximum Gasteiger partial charge on any atom is 0.270 e. The van der Waals surface area contributed by atoms with Gasteiger partial charge in [0, 0.05) is 24.6 Å². The summed E-state index contributed by atoms with van der Waals surface area (Å²) in [6, 6.07) is 12.0. The number of hydrogen-bond donors (Lipinski definition) is 2. The minimum Gasteiger partial charge on any atom is -0.390 e. The first-order valence-corrected chi connectivity index (χ1v) is 9.47. The molecule has 1 saturated carbocycles. The maximum atomic E-state index is 12.5. The number of carbonyl (C=O) groups excluding carboxylic acids is 1. The molecule has 6 nitrogen and oxygen atoms in total. The van der Waals surface area contributed by atoms with E-state index in [0.29, 0.717) is 18.5 Å². The summed E-state index contributed by atoms with van der Waals surface area (Å²) in [5.74, 6) is -0.184. The van der Waals surface area contributed by atoms with Crippen LogP contribution in [0.3, 0.4) is 0 Å². The monoisotopic (exact) mass is 376 g/mol. The van der Waals surface area contributed by atoms with Gasteiger partial charge in [0.2, 0.25) is 0 Å². The Balaban J connectivity index is 1.46. The van der Waals surface area contributed by atoms with E-state index in [0.717, 1.165) is 28.8 Å². The molecule has 2 aromatic heterocycles. The van der Waals surface area contributed by atoms with Gasteiger partial charge < -0.3 is 10.4 Å². The Morgan fingerprint density at radius 3 is 2.71 bits per heavy atom. The van der Waals surface area contributed by atoms with Gasteiger partial charge in [-0.3, -0.25) is 9.78 Å². The molecule has 1 aromatic carbocycles. The molecule has 3 aromatic rings. The van der Waals surface area contributed by atoms with E-state index in [1.165, 1.54) is 0 Å². The third-order valence-corrected chi connectivity index (χ3v) is 5.25. The van der Waals surface area contributed by atoms with Crippen molar-refractivity contribution >= 4 is 5.91 Å². The zero-order valence-corrected chi connectivity index (χ0v) is 16.1. The molecule has 0 radical (unpaired) electrons. The van der Waals surface area contributed by atoms with E-state index in [2.05, 4.69) is 27.5 Å². The molecule has 0 bridgehead atoms. The molecular weight excluding hydrogens is 352 g/mol. The Labute approximate surface area is 164 Å². The highest BCUT2D eigenvalue weighted by molar-refractivity contribution is 5.92. The smallest absolute Gasteiger partial charge is 0.270 e. The van der Waals surface area contributed by atoms with Crippen molar-refractivity contribution in [1.29, 1.82) is 0 Å². The van der Waals surface area contributed by atoms with Crippen molar-refractivity contribution in [3.05, 3.63) is 77.4 Å². The molecule has 0 aliphatic heterocycles. The summed E-state index contributed by atoms with van der Waals surface area (Å²) in [6.45, 7) is 3.79. The Morgan fingerprint density at radius 2 is 2.07 bits per heavy atom. The van der Waals surface area contributed by atoms with Gasteiger partial charge in [0.05, 0.1) is 11.3 Å². The lowest BCUT2D eigenvalue weighted by Crippen LogP contribution is -2.53.